The van der Waals surface area contributed by atoms with Crippen molar-refractivity contribution in [2.24, 2.45) is 5.84 Å². The van der Waals surface area contributed by atoms with Crippen LogP contribution in [0.2, 0.25) is 0 Å². The first-order chi connectivity index (χ1) is 9.20. The van der Waals surface area contributed by atoms with Crippen LogP contribution in [0.3, 0.4) is 0 Å². The monoisotopic (exact) mass is 263 g/mol. The summed E-state index contributed by atoms with van der Waals surface area (Å²) in [6.45, 7) is 0. The van der Waals surface area contributed by atoms with E-state index in [4.69, 9.17) is 5.84 Å². The fraction of sp³-hybridized carbons (Fsp3) is 0.214. The molecule has 0 spiro atoms. The number of nitrogens with one attached hydrogen (secondary N) is 1. The molecule has 3 nitrogen and oxygen atoms in total. The second kappa shape index (κ2) is 6.36. The number of hydrogen-bond acceptors (Lipinski definition) is 3. The van der Waals surface area contributed by atoms with Gasteiger partial charge in [-0.2, -0.15) is 0 Å². The smallest absolute Gasteiger partial charge is 0.159 e. The number of hydrogen-bond donors (Lipinski definition) is 2. The number of hydrazine groups is 1. The molecule has 100 valence electrons. The first-order valence-electron chi connectivity index (χ1n) is 6.01. The fourth-order valence-electron chi connectivity index (χ4n) is 1.91. The Morgan fingerprint density at radius 3 is 2.63 bits per heavy atom. The average molecular weight is 263 g/mol. The highest BCUT2D eigenvalue weighted by Crippen LogP contribution is 2.20. The molecular formula is C14H15F2N3. The van der Waals surface area contributed by atoms with E-state index in [2.05, 4.69) is 10.4 Å². The van der Waals surface area contributed by atoms with Gasteiger partial charge in [-0.25, -0.2) is 8.78 Å². The molecule has 0 aliphatic carbocycles. The Balaban J connectivity index is 2.05. The molecule has 0 fully saturated rings. The number of rotatable bonds is 5. The van der Waals surface area contributed by atoms with Gasteiger partial charge in [0.2, 0.25) is 0 Å². The number of nitrogens with two attached hydrogens (primary N) is 1. The van der Waals surface area contributed by atoms with E-state index < -0.39 is 11.6 Å². The standard InChI is InChI=1S/C14H15F2N3/c15-12-6-4-10(9-13(12)16)14(19-17)7-5-11-3-1-2-8-18-11/h1-4,6,8-9,14,19H,5,7,17H2. The number of nitrogens with zero attached hydrogens (tertiary/aromatic N) is 1. The van der Waals surface area contributed by atoms with E-state index in [-0.39, 0.29) is 6.04 Å². The number of pyridine rings is 1. The van der Waals surface area contributed by atoms with Gasteiger partial charge in [0, 0.05) is 17.9 Å². The van der Waals surface area contributed by atoms with Crippen LogP contribution in [-0.2, 0) is 6.42 Å². The van der Waals surface area contributed by atoms with Gasteiger partial charge < -0.3 is 0 Å². The van der Waals surface area contributed by atoms with E-state index in [1.165, 1.54) is 6.07 Å². The Morgan fingerprint density at radius 2 is 2.00 bits per heavy atom. The van der Waals surface area contributed by atoms with Crippen molar-refractivity contribution in [2.75, 3.05) is 0 Å². The van der Waals surface area contributed by atoms with Crippen molar-refractivity contribution >= 4 is 0 Å². The van der Waals surface area contributed by atoms with Gasteiger partial charge in [0.05, 0.1) is 0 Å². The zero-order valence-corrected chi connectivity index (χ0v) is 10.3. The molecule has 0 radical (unpaired) electrons. The van der Waals surface area contributed by atoms with Crippen LogP contribution in [0.1, 0.15) is 23.7 Å². The number of benzene rings is 1. The van der Waals surface area contributed by atoms with Gasteiger partial charge in [-0.3, -0.25) is 16.3 Å². The zero-order valence-electron chi connectivity index (χ0n) is 10.3. The lowest BCUT2D eigenvalue weighted by atomic mass is 10.0. The Bertz CT molecular complexity index is 531. The molecule has 1 unspecified atom stereocenters. The fourth-order valence-corrected chi connectivity index (χ4v) is 1.91. The molecule has 0 aliphatic rings. The van der Waals surface area contributed by atoms with Crippen LogP contribution in [0.15, 0.2) is 42.6 Å². The maximum Gasteiger partial charge on any atom is 0.159 e. The molecular weight excluding hydrogens is 248 g/mol. The molecule has 1 heterocycles. The summed E-state index contributed by atoms with van der Waals surface area (Å²) in [7, 11) is 0. The molecule has 0 saturated heterocycles. The van der Waals surface area contributed by atoms with E-state index in [9.17, 15) is 8.78 Å². The summed E-state index contributed by atoms with van der Waals surface area (Å²) >= 11 is 0. The summed E-state index contributed by atoms with van der Waals surface area (Å²) in [6.07, 6.45) is 3.07. The molecule has 0 aliphatic heterocycles. The zero-order chi connectivity index (χ0) is 13.7. The van der Waals surface area contributed by atoms with Gasteiger partial charge in [0.25, 0.3) is 0 Å². The molecule has 1 aromatic carbocycles. The van der Waals surface area contributed by atoms with E-state index >= 15 is 0 Å². The van der Waals surface area contributed by atoms with E-state index in [0.717, 1.165) is 17.8 Å². The molecule has 1 atom stereocenters. The highest BCUT2D eigenvalue weighted by atomic mass is 19.2. The second-order valence-electron chi connectivity index (χ2n) is 4.25. The van der Waals surface area contributed by atoms with Crippen LogP contribution < -0.4 is 11.3 Å². The van der Waals surface area contributed by atoms with Crippen LogP contribution in [0.25, 0.3) is 0 Å². The third-order valence-electron chi connectivity index (χ3n) is 2.96. The lowest BCUT2D eigenvalue weighted by Gasteiger charge is -2.16. The van der Waals surface area contributed by atoms with Gasteiger partial charge in [0.1, 0.15) is 0 Å². The molecule has 2 aromatic rings. The Kier molecular flexibility index (Phi) is 4.54. The third-order valence-corrected chi connectivity index (χ3v) is 2.96. The molecule has 0 amide bonds. The number of aryl methyl sites for hydroxylation is 1. The van der Waals surface area contributed by atoms with Crippen LogP contribution in [0.4, 0.5) is 8.78 Å². The van der Waals surface area contributed by atoms with Crippen molar-refractivity contribution in [3.05, 3.63) is 65.5 Å². The van der Waals surface area contributed by atoms with Crippen LogP contribution in [-0.4, -0.2) is 4.98 Å². The average Bonchev–Trinajstić information content (AvgIpc) is 2.44. The van der Waals surface area contributed by atoms with Crippen molar-refractivity contribution in [1.29, 1.82) is 0 Å². The van der Waals surface area contributed by atoms with Crippen molar-refractivity contribution in [2.45, 2.75) is 18.9 Å². The molecule has 0 bridgehead atoms. The minimum Gasteiger partial charge on any atom is -0.271 e. The maximum absolute atomic E-state index is 13.2. The quantitative estimate of drug-likeness (QED) is 0.643. The summed E-state index contributed by atoms with van der Waals surface area (Å²) in [5, 5.41) is 0. The van der Waals surface area contributed by atoms with E-state index in [1.807, 2.05) is 18.2 Å². The van der Waals surface area contributed by atoms with E-state index in [0.29, 0.717) is 18.4 Å². The Morgan fingerprint density at radius 1 is 1.16 bits per heavy atom. The third kappa shape index (κ3) is 3.56. The van der Waals surface area contributed by atoms with Crippen molar-refractivity contribution in [3.8, 4) is 0 Å². The summed E-state index contributed by atoms with van der Waals surface area (Å²) in [5.41, 5.74) is 4.18. The van der Waals surface area contributed by atoms with Crippen LogP contribution in [0.5, 0.6) is 0 Å². The normalized spacial score (nSPS) is 12.4. The lowest BCUT2D eigenvalue weighted by Crippen LogP contribution is -2.28. The largest absolute Gasteiger partial charge is 0.271 e. The van der Waals surface area contributed by atoms with Gasteiger partial charge in [-0.05, 0) is 42.7 Å². The highest BCUT2D eigenvalue weighted by molar-refractivity contribution is 5.21. The predicted molar refractivity (Wildman–Crippen MR) is 69.0 cm³/mol. The minimum atomic E-state index is -0.865. The summed E-state index contributed by atoms with van der Waals surface area (Å²) < 4.78 is 26.1. The lowest BCUT2D eigenvalue weighted by molar-refractivity contribution is 0.487. The Labute approximate surface area is 110 Å². The van der Waals surface area contributed by atoms with Crippen LogP contribution in [0, 0.1) is 11.6 Å². The summed E-state index contributed by atoms with van der Waals surface area (Å²) in [4.78, 5) is 4.21. The first-order valence-corrected chi connectivity index (χ1v) is 6.01. The van der Waals surface area contributed by atoms with Crippen molar-refractivity contribution in [3.63, 3.8) is 0 Å². The predicted octanol–water partition coefficient (Wildman–Crippen LogP) is 2.50. The topological polar surface area (TPSA) is 50.9 Å². The van der Waals surface area contributed by atoms with Crippen molar-refractivity contribution < 1.29 is 8.78 Å². The summed E-state index contributed by atoms with van der Waals surface area (Å²) in [6, 6.07) is 9.23. The van der Waals surface area contributed by atoms with Crippen molar-refractivity contribution in [1.82, 2.24) is 10.4 Å². The van der Waals surface area contributed by atoms with Gasteiger partial charge in [-0.15, -0.1) is 0 Å². The molecule has 3 N–H and O–H groups in total. The number of halogens is 2. The second-order valence-corrected chi connectivity index (χ2v) is 4.25. The van der Waals surface area contributed by atoms with Crippen LogP contribution >= 0.6 is 0 Å². The Hall–Kier alpha value is -1.85. The molecule has 5 heteroatoms. The summed E-state index contributed by atoms with van der Waals surface area (Å²) in [5.74, 6) is 3.75. The molecule has 1 aromatic heterocycles. The van der Waals surface area contributed by atoms with Gasteiger partial charge in [0.15, 0.2) is 11.6 Å². The number of aromatic nitrogens is 1. The first kappa shape index (κ1) is 13.6. The van der Waals surface area contributed by atoms with Gasteiger partial charge >= 0.3 is 0 Å². The molecule has 0 saturated carbocycles. The molecule has 19 heavy (non-hydrogen) atoms. The van der Waals surface area contributed by atoms with Gasteiger partial charge in [-0.1, -0.05) is 12.1 Å². The SMILES string of the molecule is NNC(CCc1ccccn1)c1ccc(F)c(F)c1. The highest BCUT2D eigenvalue weighted by Gasteiger charge is 2.12. The van der Waals surface area contributed by atoms with E-state index in [1.54, 1.807) is 6.20 Å². The minimum absolute atomic E-state index is 0.239. The maximum atomic E-state index is 13.2. The molecule has 2 rings (SSSR count).